The summed E-state index contributed by atoms with van der Waals surface area (Å²) in [5.41, 5.74) is 0.823. The zero-order valence-corrected chi connectivity index (χ0v) is 16.5. The lowest BCUT2D eigenvalue weighted by Gasteiger charge is -2.02. The molecule has 0 N–H and O–H groups in total. The Morgan fingerprint density at radius 1 is 0.893 bits per heavy atom. The van der Waals surface area contributed by atoms with E-state index < -0.39 is 0 Å². The van der Waals surface area contributed by atoms with Crippen molar-refractivity contribution >= 4 is 35.0 Å². The van der Waals surface area contributed by atoms with Gasteiger partial charge in [0, 0.05) is 15.6 Å². The molecule has 0 aliphatic heterocycles. The lowest BCUT2D eigenvalue weighted by atomic mass is 10.2. The quantitative estimate of drug-likeness (QED) is 0.362. The Kier molecular flexibility index (Phi) is 5.80. The average molecular weight is 435 g/mol. The van der Waals surface area contributed by atoms with E-state index in [1.165, 1.54) is 11.8 Å². The molecule has 0 saturated carbocycles. The molecule has 0 aliphatic carbocycles. The number of aromatic nitrogens is 4. The maximum atomic E-state index is 5.88. The van der Waals surface area contributed by atoms with Crippen LogP contribution in [0.5, 0.6) is 5.75 Å². The summed E-state index contributed by atoms with van der Waals surface area (Å²) in [6.07, 6.45) is 0. The first kappa shape index (κ1) is 18.8. The maximum absolute atomic E-state index is 5.88. The fourth-order valence-electron chi connectivity index (χ4n) is 2.18. The summed E-state index contributed by atoms with van der Waals surface area (Å²) in [7, 11) is 0. The number of halogens is 2. The van der Waals surface area contributed by atoms with Crippen LogP contribution in [0.1, 0.15) is 11.8 Å². The Bertz CT molecular complexity index is 1050. The molecule has 10 heteroatoms. The average Bonchev–Trinajstić information content (AvgIpc) is 3.36. The molecule has 0 radical (unpaired) electrons. The van der Waals surface area contributed by atoms with Gasteiger partial charge in [-0.3, -0.25) is 0 Å². The lowest BCUT2D eigenvalue weighted by Crippen LogP contribution is -1.95. The normalized spacial score (nSPS) is 10.9. The second-order valence-electron chi connectivity index (χ2n) is 5.51. The number of hydrogen-bond acceptors (Lipinski definition) is 8. The smallest absolute Gasteiger partial charge is 0.277 e. The van der Waals surface area contributed by atoms with E-state index in [2.05, 4.69) is 20.3 Å². The van der Waals surface area contributed by atoms with Gasteiger partial charge in [-0.15, -0.1) is 10.2 Å². The third-order valence-electron chi connectivity index (χ3n) is 3.51. The van der Waals surface area contributed by atoms with Crippen LogP contribution in [0.3, 0.4) is 0 Å². The molecule has 0 atom stereocenters. The zero-order valence-electron chi connectivity index (χ0n) is 14.2. The molecule has 0 bridgehead atoms. The van der Waals surface area contributed by atoms with Gasteiger partial charge in [-0.1, -0.05) is 40.1 Å². The van der Waals surface area contributed by atoms with E-state index in [-0.39, 0.29) is 6.61 Å². The molecule has 28 heavy (non-hydrogen) atoms. The van der Waals surface area contributed by atoms with E-state index in [4.69, 9.17) is 36.9 Å². The van der Waals surface area contributed by atoms with Crippen LogP contribution in [0.15, 0.2) is 62.7 Å². The van der Waals surface area contributed by atoms with Crippen molar-refractivity contribution in [1.29, 1.82) is 0 Å². The van der Waals surface area contributed by atoms with E-state index in [1.807, 2.05) is 12.1 Å². The van der Waals surface area contributed by atoms with Gasteiger partial charge in [0.25, 0.3) is 11.1 Å². The molecule has 2 aromatic carbocycles. The Morgan fingerprint density at radius 3 is 2.36 bits per heavy atom. The highest BCUT2D eigenvalue weighted by Crippen LogP contribution is 2.24. The Hall–Kier alpha value is -2.55. The number of rotatable bonds is 7. The fraction of sp³-hybridized carbons (Fsp3) is 0.111. The number of hydrogen-bond donors (Lipinski definition) is 0. The van der Waals surface area contributed by atoms with Gasteiger partial charge in [-0.2, -0.15) is 4.98 Å². The van der Waals surface area contributed by atoms with Gasteiger partial charge in [-0.25, -0.2) is 0 Å². The molecule has 2 aromatic heterocycles. The summed E-state index contributed by atoms with van der Waals surface area (Å²) in [5, 5.41) is 13.6. The molecular formula is C18H12Cl2N4O3S. The molecule has 0 unspecified atom stereocenters. The van der Waals surface area contributed by atoms with Gasteiger partial charge in [0.15, 0.2) is 6.61 Å². The summed E-state index contributed by atoms with van der Waals surface area (Å²) in [6, 6.07) is 14.2. The summed E-state index contributed by atoms with van der Waals surface area (Å²) >= 11 is 13.0. The van der Waals surface area contributed by atoms with Crippen LogP contribution in [-0.2, 0) is 12.4 Å². The van der Waals surface area contributed by atoms with E-state index in [0.717, 1.165) is 5.56 Å². The van der Waals surface area contributed by atoms with Crippen molar-refractivity contribution in [3.8, 4) is 17.1 Å². The van der Waals surface area contributed by atoms with Gasteiger partial charge >= 0.3 is 0 Å². The molecule has 0 spiro atoms. The van der Waals surface area contributed by atoms with Crippen LogP contribution >= 0.6 is 35.0 Å². The second-order valence-corrected chi connectivity index (χ2v) is 7.31. The van der Waals surface area contributed by atoms with Gasteiger partial charge < -0.3 is 13.7 Å². The van der Waals surface area contributed by atoms with Crippen LogP contribution < -0.4 is 4.74 Å². The predicted molar refractivity (Wildman–Crippen MR) is 104 cm³/mol. The molecular weight excluding hydrogens is 423 g/mol. The minimum Gasteiger partial charge on any atom is -0.484 e. The summed E-state index contributed by atoms with van der Waals surface area (Å²) in [5.74, 6) is 2.38. The van der Waals surface area contributed by atoms with E-state index in [1.54, 1.807) is 36.4 Å². The SMILES string of the molecule is Clc1ccc(OCc2nnc(SCc3nc(-c4ccc(Cl)cc4)no3)o2)cc1. The van der Waals surface area contributed by atoms with Gasteiger partial charge in [-0.05, 0) is 48.5 Å². The molecule has 0 aliphatic rings. The molecule has 0 fully saturated rings. The minimum absolute atomic E-state index is 0.163. The van der Waals surface area contributed by atoms with Crippen molar-refractivity contribution in [3.63, 3.8) is 0 Å². The monoisotopic (exact) mass is 434 g/mol. The topological polar surface area (TPSA) is 87.1 Å². The van der Waals surface area contributed by atoms with Crippen LogP contribution in [0.4, 0.5) is 0 Å². The molecule has 0 amide bonds. The molecule has 7 nitrogen and oxygen atoms in total. The van der Waals surface area contributed by atoms with E-state index in [9.17, 15) is 0 Å². The van der Waals surface area contributed by atoms with Gasteiger partial charge in [0.2, 0.25) is 11.7 Å². The number of nitrogens with zero attached hydrogens (tertiary/aromatic N) is 4. The standard InChI is InChI=1S/C18H12Cl2N4O3S/c19-12-3-1-11(2-4-12)17-21-16(27-24-17)10-28-18-23-22-15(26-18)9-25-14-7-5-13(20)6-8-14/h1-8H,9-10H2. The summed E-state index contributed by atoms with van der Waals surface area (Å²) < 4.78 is 16.4. The molecule has 4 rings (SSSR count). The predicted octanol–water partition coefficient (Wildman–Crippen LogP) is 5.30. The fourth-order valence-corrected chi connectivity index (χ4v) is 3.05. The summed E-state index contributed by atoms with van der Waals surface area (Å²) in [6.45, 7) is 0.163. The first-order valence-corrected chi connectivity index (χ1v) is 9.82. The summed E-state index contributed by atoms with van der Waals surface area (Å²) in [4.78, 5) is 4.35. The molecule has 0 saturated heterocycles. The zero-order chi connectivity index (χ0) is 19.3. The van der Waals surface area contributed by atoms with Crippen molar-refractivity contribution in [2.75, 3.05) is 0 Å². The van der Waals surface area contributed by atoms with Crippen LogP contribution in [0.2, 0.25) is 10.0 Å². The highest BCUT2D eigenvalue weighted by atomic mass is 35.5. The highest BCUT2D eigenvalue weighted by molar-refractivity contribution is 7.98. The maximum Gasteiger partial charge on any atom is 0.277 e. The van der Waals surface area contributed by atoms with Crippen LogP contribution in [0, 0.1) is 0 Å². The Morgan fingerprint density at radius 2 is 1.61 bits per heavy atom. The lowest BCUT2D eigenvalue weighted by molar-refractivity contribution is 0.252. The van der Waals surface area contributed by atoms with Gasteiger partial charge in [0.05, 0.1) is 5.75 Å². The van der Waals surface area contributed by atoms with Crippen LogP contribution in [0.25, 0.3) is 11.4 Å². The van der Waals surface area contributed by atoms with Crippen molar-refractivity contribution < 1.29 is 13.7 Å². The number of ether oxygens (including phenoxy) is 1. The third kappa shape index (κ3) is 4.83. The molecule has 4 aromatic rings. The minimum atomic E-state index is 0.163. The van der Waals surface area contributed by atoms with Crippen molar-refractivity contribution in [3.05, 3.63) is 70.4 Å². The van der Waals surface area contributed by atoms with Gasteiger partial charge in [0.1, 0.15) is 5.75 Å². The Balaban J connectivity index is 1.31. The first-order chi connectivity index (χ1) is 13.7. The molecule has 2 heterocycles. The second kappa shape index (κ2) is 8.64. The number of thioether (sulfide) groups is 1. The van der Waals surface area contributed by atoms with Crippen molar-refractivity contribution in [1.82, 2.24) is 20.3 Å². The Labute approximate surface area is 174 Å². The highest BCUT2D eigenvalue weighted by Gasteiger charge is 2.12. The largest absolute Gasteiger partial charge is 0.484 e. The van der Waals surface area contributed by atoms with Crippen molar-refractivity contribution in [2.45, 2.75) is 17.6 Å². The first-order valence-electron chi connectivity index (χ1n) is 8.08. The van der Waals surface area contributed by atoms with Crippen LogP contribution in [-0.4, -0.2) is 20.3 Å². The van der Waals surface area contributed by atoms with Crippen molar-refractivity contribution in [2.24, 2.45) is 0 Å². The molecule has 142 valence electrons. The third-order valence-corrected chi connectivity index (χ3v) is 4.82. The van der Waals surface area contributed by atoms with E-state index in [0.29, 0.717) is 44.4 Å². The number of benzene rings is 2. The van der Waals surface area contributed by atoms with E-state index >= 15 is 0 Å².